The minimum Gasteiger partial charge on any atom is -0.508 e. The van der Waals surface area contributed by atoms with Gasteiger partial charge in [-0.1, -0.05) is 30.3 Å². The van der Waals surface area contributed by atoms with Gasteiger partial charge in [-0.15, -0.1) is 0 Å². The zero-order chi connectivity index (χ0) is 20.8. The number of allylic oxidation sites excluding steroid dienone is 1. The molecular weight excluding hydrogens is 370 g/mol. The van der Waals surface area contributed by atoms with Crippen molar-refractivity contribution in [1.82, 2.24) is 0 Å². The third kappa shape index (κ3) is 4.68. The first-order valence-corrected chi connectivity index (χ1v) is 8.89. The maximum Gasteiger partial charge on any atom is 0.283 e. The molecule has 0 heterocycles. The van der Waals surface area contributed by atoms with E-state index >= 15 is 0 Å². The van der Waals surface area contributed by atoms with Crippen molar-refractivity contribution < 1.29 is 19.6 Å². The molecule has 3 aromatic carbocycles. The Hall–Kier alpha value is -3.93. The lowest BCUT2D eigenvalue weighted by Gasteiger charge is -2.11. The minimum absolute atomic E-state index is 0.0573. The molecule has 3 aromatic rings. The maximum absolute atomic E-state index is 12.3. The van der Waals surface area contributed by atoms with Crippen LogP contribution in [0.15, 0.2) is 72.8 Å². The van der Waals surface area contributed by atoms with Crippen LogP contribution in [0.3, 0.4) is 0 Å². The highest BCUT2D eigenvalue weighted by atomic mass is 16.6. The second-order valence-corrected chi connectivity index (χ2v) is 6.35. The molecule has 0 amide bonds. The van der Waals surface area contributed by atoms with Crippen LogP contribution in [0.1, 0.15) is 27.0 Å². The van der Waals surface area contributed by atoms with Gasteiger partial charge in [0.2, 0.25) is 0 Å². The summed E-state index contributed by atoms with van der Waals surface area (Å²) in [5, 5.41) is 21.2. The van der Waals surface area contributed by atoms with Crippen molar-refractivity contribution in [2.45, 2.75) is 6.42 Å². The topological polar surface area (TPSA) is 89.7 Å². The van der Waals surface area contributed by atoms with E-state index in [-0.39, 0.29) is 17.2 Å². The van der Waals surface area contributed by atoms with E-state index in [4.69, 9.17) is 4.74 Å². The molecule has 0 saturated heterocycles. The van der Waals surface area contributed by atoms with Crippen LogP contribution >= 0.6 is 0 Å². The molecule has 6 nitrogen and oxygen atoms in total. The van der Waals surface area contributed by atoms with Crippen LogP contribution in [-0.4, -0.2) is 22.9 Å². The van der Waals surface area contributed by atoms with E-state index in [9.17, 15) is 20.0 Å². The van der Waals surface area contributed by atoms with E-state index in [2.05, 4.69) is 0 Å². The number of nitro groups is 1. The number of phenolic OH excluding ortho intramolecular Hbond substituents is 1. The van der Waals surface area contributed by atoms with Crippen molar-refractivity contribution in [2.24, 2.45) is 0 Å². The average molecular weight is 389 g/mol. The van der Waals surface area contributed by atoms with E-state index in [0.29, 0.717) is 28.9 Å². The van der Waals surface area contributed by atoms with Gasteiger partial charge in [0.25, 0.3) is 5.69 Å². The van der Waals surface area contributed by atoms with Gasteiger partial charge in [0, 0.05) is 12.0 Å². The van der Waals surface area contributed by atoms with Crippen molar-refractivity contribution in [3.05, 3.63) is 105 Å². The van der Waals surface area contributed by atoms with E-state index in [0.717, 1.165) is 5.56 Å². The summed E-state index contributed by atoms with van der Waals surface area (Å²) < 4.78 is 5.35. The van der Waals surface area contributed by atoms with Gasteiger partial charge in [0.15, 0.2) is 5.78 Å². The van der Waals surface area contributed by atoms with E-state index in [1.165, 1.54) is 43.5 Å². The molecule has 0 fully saturated rings. The average Bonchev–Trinajstić information content (AvgIpc) is 2.73. The predicted molar refractivity (Wildman–Crippen MR) is 110 cm³/mol. The van der Waals surface area contributed by atoms with Crippen LogP contribution < -0.4 is 4.74 Å². The monoisotopic (exact) mass is 389 g/mol. The molecule has 146 valence electrons. The van der Waals surface area contributed by atoms with E-state index in [1.807, 2.05) is 30.3 Å². The summed E-state index contributed by atoms with van der Waals surface area (Å²) in [6.45, 7) is 0. The molecule has 0 bridgehead atoms. The number of benzene rings is 3. The number of nitrogens with zero attached hydrogens (tertiary/aromatic N) is 1. The Kier molecular flexibility index (Phi) is 6.04. The standard InChI is InChI=1S/C23H19NO5/c1-29-22-14-10-18(9-13-21(26)17-7-11-19(25)12-8-17)23(24(27)28)20(22)15-16-5-3-2-4-6-16/h2-14,25H,15H2,1H3/b13-9+. The highest BCUT2D eigenvalue weighted by molar-refractivity contribution is 6.07. The molecule has 0 aliphatic carbocycles. The molecule has 29 heavy (non-hydrogen) atoms. The molecule has 6 heteroatoms. The van der Waals surface area contributed by atoms with Crippen molar-refractivity contribution in [3.63, 3.8) is 0 Å². The number of methoxy groups -OCH3 is 1. The quantitative estimate of drug-likeness (QED) is 0.271. The Morgan fingerprint density at radius 2 is 1.76 bits per heavy atom. The van der Waals surface area contributed by atoms with Crippen molar-refractivity contribution in [1.29, 1.82) is 0 Å². The normalized spacial score (nSPS) is 10.8. The second kappa shape index (κ2) is 8.84. The number of ether oxygens (including phenoxy) is 1. The number of carbonyl (C=O) groups is 1. The van der Waals surface area contributed by atoms with E-state index < -0.39 is 4.92 Å². The lowest BCUT2D eigenvalue weighted by atomic mass is 9.98. The zero-order valence-electron chi connectivity index (χ0n) is 15.7. The molecular formula is C23H19NO5. The number of nitro benzene ring substituents is 1. The number of hydrogen-bond acceptors (Lipinski definition) is 5. The van der Waals surface area contributed by atoms with Crippen LogP contribution in [0.25, 0.3) is 6.08 Å². The number of aromatic hydroxyl groups is 1. The smallest absolute Gasteiger partial charge is 0.283 e. The van der Waals surface area contributed by atoms with Crippen LogP contribution in [-0.2, 0) is 6.42 Å². The SMILES string of the molecule is COc1ccc(/C=C/C(=O)c2ccc(O)cc2)c([N+](=O)[O-])c1Cc1ccccc1. The van der Waals surface area contributed by atoms with Gasteiger partial charge >= 0.3 is 0 Å². The molecule has 0 aliphatic heterocycles. The zero-order valence-corrected chi connectivity index (χ0v) is 15.7. The fourth-order valence-corrected chi connectivity index (χ4v) is 3.04. The Morgan fingerprint density at radius 3 is 2.38 bits per heavy atom. The summed E-state index contributed by atoms with van der Waals surface area (Å²) in [6.07, 6.45) is 3.04. The molecule has 0 unspecified atom stereocenters. The largest absolute Gasteiger partial charge is 0.508 e. The Balaban J connectivity index is 2.00. The highest BCUT2D eigenvalue weighted by Crippen LogP contribution is 2.34. The molecule has 0 spiro atoms. The first-order valence-electron chi connectivity index (χ1n) is 8.89. The second-order valence-electron chi connectivity index (χ2n) is 6.35. The van der Waals surface area contributed by atoms with Crippen LogP contribution in [0.2, 0.25) is 0 Å². The lowest BCUT2D eigenvalue weighted by Crippen LogP contribution is -2.03. The predicted octanol–water partition coefficient (Wildman–Crippen LogP) is 4.80. The molecule has 1 N–H and O–H groups in total. The van der Waals surface area contributed by atoms with Gasteiger partial charge in [0.05, 0.1) is 23.2 Å². The van der Waals surface area contributed by atoms with Crippen molar-refractivity contribution in [2.75, 3.05) is 7.11 Å². The fraction of sp³-hybridized carbons (Fsp3) is 0.0870. The van der Waals surface area contributed by atoms with Gasteiger partial charge < -0.3 is 9.84 Å². The van der Waals surface area contributed by atoms with Gasteiger partial charge in [0.1, 0.15) is 11.5 Å². The third-order valence-corrected chi connectivity index (χ3v) is 4.46. The summed E-state index contributed by atoms with van der Waals surface area (Å²) in [7, 11) is 1.47. The first kappa shape index (κ1) is 19.8. The van der Waals surface area contributed by atoms with Gasteiger partial charge in [-0.05, 0) is 54.1 Å². The fourth-order valence-electron chi connectivity index (χ4n) is 3.04. The number of carbonyl (C=O) groups excluding carboxylic acids is 1. The van der Waals surface area contributed by atoms with Crippen LogP contribution in [0, 0.1) is 10.1 Å². The minimum atomic E-state index is -0.453. The Labute approximate surface area is 167 Å². The van der Waals surface area contributed by atoms with Gasteiger partial charge in [-0.2, -0.15) is 0 Å². The summed E-state index contributed by atoms with van der Waals surface area (Å²) in [6, 6.07) is 18.4. The van der Waals surface area contributed by atoms with Gasteiger partial charge in [-0.25, -0.2) is 0 Å². The summed E-state index contributed by atoms with van der Waals surface area (Å²) in [5.74, 6) is 0.157. The molecule has 0 radical (unpaired) electrons. The third-order valence-electron chi connectivity index (χ3n) is 4.46. The molecule has 0 saturated carbocycles. The molecule has 0 aliphatic rings. The summed E-state index contributed by atoms with van der Waals surface area (Å²) in [4.78, 5) is 23.8. The van der Waals surface area contributed by atoms with Crippen LogP contribution in [0.5, 0.6) is 11.5 Å². The van der Waals surface area contributed by atoms with Crippen molar-refractivity contribution in [3.8, 4) is 11.5 Å². The highest BCUT2D eigenvalue weighted by Gasteiger charge is 2.23. The molecule has 3 rings (SSSR count). The van der Waals surface area contributed by atoms with Gasteiger partial charge in [-0.3, -0.25) is 14.9 Å². The molecule has 0 atom stereocenters. The summed E-state index contributed by atoms with van der Waals surface area (Å²) >= 11 is 0. The number of ketones is 1. The Morgan fingerprint density at radius 1 is 1.07 bits per heavy atom. The van der Waals surface area contributed by atoms with Crippen molar-refractivity contribution >= 4 is 17.5 Å². The number of hydrogen-bond donors (Lipinski definition) is 1. The number of phenols is 1. The Bertz CT molecular complexity index is 1060. The first-order chi connectivity index (χ1) is 14.0. The lowest BCUT2D eigenvalue weighted by molar-refractivity contribution is -0.385. The van der Waals surface area contributed by atoms with E-state index in [1.54, 1.807) is 12.1 Å². The maximum atomic E-state index is 12.3. The summed E-state index contributed by atoms with van der Waals surface area (Å²) in [5.41, 5.74) is 1.95. The molecule has 0 aromatic heterocycles. The number of rotatable bonds is 7. The van der Waals surface area contributed by atoms with Crippen LogP contribution in [0.4, 0.5) is 5.69 Å².